The fraction of sp³-hybridized carbons (Fsp3) is 0.235. The Morgan fingerprint density at radius 1 is 1.00 bits per heavy atom. The lowest BCUT2D eigenvalue weighted by Crippen LogP contribution is -2.30. The van der Waals surface area contributed by atoms with Crippen LogP contribution in [0.5, 0.6) is 0 Å². The van der Waals surface area contributed by atoms with Gasteiger partial charge in [0.2, 0.25) is 10.0 Å². The van der Waals surface area contributed by atoms with E-state index in [9.17, 15) is 13.2 Å². The van der Waals surface area contributed by atoms with E-state index in [0.717, 1.165) is 11.1 Å². The minimum Gasteiger partial charge on any atom is -0.350 e. The Balaban J connectivity index is 2.40. The molecule has 0 bridgehead atoms. The molecular formula is C17H20N2O3S. The van der Waals surface area contributed by atoms with Gasteiger partial charge in [0.25, 0.3) is 5.91 Å². The van der Waals surface area contributed by atoms with Crippen molar-refractivity contribution in [1.82, 2.24) is 10.0 Å². The molecule has 0 fully saturated rings. The maximum atomic E-state index is 12.1. The molecule has 1 amide bonds. The number of sulfonamides is 1. The van der Waals surface area contributed by atoms with E-state index in [1.54, 1.807) is 30.3 Å². The number of amides is 1. The van der Waals surface area contributed by atoms with E-state index in [-0.39, 0.29) is 16.8 Å². The summed E-state index contributed by atoms with van der Waals surface area (Å²) in [5, 5.41) is 2.84. The van der Waals surface area contributed by atoms with Crippen LogP contribution in [0.1, 0.15) is 24.2 Å². The summed E-state index contributed by atoms with van der Waals surface area (Å²) in [6.07, 6.45) is 0. The predicted molar refractivity (Wildman–Crippen MR) is 90.7 cm³/mol. The SMILES string of the molecule is CNS(=O)(=O)c1cccc(-c2cccc(C(=O)NC(C)C)c2)c1. The van der Waals surface area contributed by atoms with Gasteiger partial charge in [-0.1, -0.05) is 24.3 Å². The van der Waals surface area contributed by atoms with Crippen LogP contribution < -0.4 is 10.0 Å². The van der Waals surface area contributed by atoms with Crippen molar-refractivity contribution < 1.29 is 13.2 Å². The third-order valence-corrected chi connectivity index (χ3v) is 4.70. The van der Waals surface area contributed by atoms with Crippen LogP contribution in [0.2, 0.25) is 0 Å². The van der Waals surface area contributed by atoms with Gasteiger partial charge in [0.05, 0.1) is 4.90 Å². The number of hydrogen-bond acceptors (Lipinski definition) is 3. The highest BCUT2D eigenvalue weighted by Crippen LogP contribution is 2.23. The molecule has 2 aromatic carbocycles. The Morgan fingerprint density at radius 3 is 2.22 bits per heavy atom. The molecule has 23 heavy (non-hydrogen) atoms. The van der Waals surface area contributed by atoms with Gasteiger partial charge in [-0.15, -0.1) is 0 Å². The maximum absolute atomic E-state index is 12.1. The van der Waals surface area contributed by atoms with Gasteiger partial charge in [0, 0.05) is 11.6 Å². The van der Waals surface area contributed by atoms with Crippen molar-refractivity contribution in [2.45, 2.75) is 24.8 Å². The molecule has 5 nitrogen and oxygen atoms in total. The predicted octanol–water partition coefficient (Wildman–Crippen LogP) is 2.40. The number of hydrogen-bond donors (Lipinski definition) is 2. The smallest absolute Gasteiger partial charge is 0.251 e. The first-order valence-electron chi connectivity index (χ1n) is 7.28. The molecule has 0 aliphatic rings. The fourth-order valence-corrected chi connectivity index (χ4v) is 2.92. The Labute approximate surface area is 136 Å². The second-order valence-electron chi connectivity index (χ2n) is 5.44. The summed E-state index contributed by atoms with van der Waals surface area (Å²) in [7, 11) is -2.13. The van der Waals surface area contributed by atoms with Gasteiger partial charge >= 0.3 is 0 Å². The lowest BCUT2D eigenvalue weighted by molar-refractivity contribution is 0.0943. The molecule has 0 saturated heterocycles. The van der Waals surface area contributed by atoms with E-state index in [1.165, 1.54) is 13.1 Å². The Hall–Kier alpha value is -2.18. The van der Waals surface area contributed by atoms with Crippen LogP contribution >= 0.6 is 0 Å². The standard InChI is InChI=1S/C17H20N2O3S/c1-12(2)19-17(20)15-8-4-6-13(10-15)14-7-5-9-16(11-14)23(21,22)18-3/h4-12,18H,1-3H3,(H,19,20). The number of nitrogens with one attached hydrogen (secondary N) is 2. The first-order chi connectivity index (χ1) is 10.8. The lowest BCUT2D eigenvalue weighted by atomic mass is 10.0. The third kappa shape index (κ3) is 4.18. The van der Waals surface area contributed by atoms with Gasteiger partial charge in [-0.25, -0.2) is 13.1 Å². The van der Waals surface area contributed by atoms with Gasteiger partial charge in [0.15, 0.2) is 0 Å². The van der Waals surface area contributed by atoms with E-state index in [0.29, 0.717) is 5.56 Å². The molecule has 2 rings (SSSR count). The zero-order valence-corrected chi connectivity index (χ0v) is 14.1. The average Bonchev–Trinajstić information content (AvgIpc) is 2.54. The summed E-state index contributed by atoms with van der Waals surface area (Å²) in [5.41, 5.74) is 2.06. The molecule has 0 radical (unpaired) electrons. The van der Waals surface area contributed by atoms with Crippen LogP contribution in [-0.4, -0.2) is 27.4 Å². The van der Waals surface area contributed by atoms with Gasteiger partial charge in [0.1, 0.15) is 0 Å². The topological polar surface area (TPSA) is 75.3 Å². The fourth-order valence-electron chi connectivity index (χ4n) is 2.15. The van der Waals surface area contributed by atoms with Gasteiger partial charge in [-0.05, 0) is 56.3 Å². The quantitative estimate of drug-likeness (QED) is 0.883. The highest BCUT2D eigenvalue weighted by atomic mass is 32.2. The van der Waals surface area contributed by atoms with E-state index in [2.05, 4.69) is 10.0 Å². The summed E-state index contributed by atoms with van der Waals surface area (Å²) in [6.45, 7) is 3.79. The molecule has 0 aliphatic heterocycles. The van der Waals surface area contributed by atoms with Crippen LogP contribution in [-0.2, 0) is 10.0 Å². The van der Waals surface area contributed by atoms with Crippen LogP contribution in [0.3, 0.4) is 0 Å². The van der Waals surface area contributed by atoms with E-state index in [1.807, 2.05) is 26.0 Å². The average molecular weight is 332 g/mol. The minimum atomic E-state index is -3.50. The van der Waals surface area contributed by atoms with Crippen molar-refractivity contribution in [2.75, 3.05) is 7.05 Å². The zero-order chi connectivity index (χ0) is 17.0. The molecule has 0 spiro atoms. The molecule has 2 N–H and O–H groups in total. The molecule has 0 unspecified atom stereocenters. The summed E-state index contributed by atoms with van der Waals surface area (Å²) in [5.74, 6) is -0.152. The second kappa shape index (κ2) is 6.93. The molecule has 0 aromatic heterocycles. The molecule has 0 saturated carbocycles. The Morgan fingerprint density at radius 2 is 1.61 bits per heavy atom. The first kappa shape index (κ1) is 17.2. The molecule has 6 heteroatoms. The zero-order valence-electron chi connectivity index (χ0n) is 13.3. The van der Waals surface area contributed by atoms with Crippen LogP contribution in [0, 0.1) is 0 Å². The lowest BCUT2D eigenvalue weighted by Gasteiger charge is -2.10. The largest absolute Gasteiger partial charge is 0.350 e. The normalized spacial score (nSPS) is 11.5. The molecule has 0 aliphatic carbocycles. The highest BCUT2D eigenvalue weighted by Gasteiger charge is 2.13. The molecule has 0 heterocycles. The van der Waals surface area contributed by atoms with Crippen molar-refractivity contribution >= 4 is 15.9 Å². The summed E-state index contributed by atoms with van der Waals surface area (Å²) >= 11 is 0. The van der Waals surface area contributed by atoms with Crippen molar-refractivity contribution in [3.05, 3.63) is 54.1 Å². The molecule has 0 atom stereocenters. The third-order valence-electron chi connectivity index (χ3n) is 3.29. The van der Waals surface area contributed by atoms with Crippen molar-refractivity contribution in [1.29, 1.82) is 0 Å². The summed E-state index contributed by atoms with van der Waals surface area (Å²) in [6, 6.07) is 13.8. The first-order valence-corrected chi connectivity index (χ1v) is 8.76. The van der Waals surface area contributed by atoms with Gasteiger partial charge in [-0.2, -0.15) is 0 Å². The van der Waals surface area contributed by atoms with E-state index < -0.39 is 10.0 Å². The van der Waals surface area contributed by atoms with Crippen molar-refractivity contribution in [2.24, 2.45) is 0 Å². The van der Waals surface area contributed by atoms with Gasteiger partial charge in [-0.3, -0.25) is 4.79 Å². The number of rotatable bonds is 5. The highest BCUT2D eigenvalue weighted by molar-refractivity contribution is 7.89. The molecular weight excluding hydrogens is 312 g/mol. The summed E-state index contributed by atoms with van der Waals surface area (Å²) < 4.78 is 26.1. The van der Waals surface area contributed by atoms with Crippen LogP contribution in [0.25, 0.3) is 11.1 Å². The summed E-state index contributed by atoms with van der Waals surface area (Å²) in [4.78, 5) is 12.3. The van der Waals surface area contributed by atoms with Crippen LogP contribution in [0.4, 0.5) is 0 Å². The van der Waals surface area contributed by atoms with Crippen molar-refractivity contribution in [3.63, 3.8) is 0 Å². The van der Waals surface area contributed by atoms with E-state index >= 15 is 0 Å². The van der Waals surface area contributed by atoms with Gasteiger partial charge < -0.3 is 5.32 Å². The number of benzene rings is 2. The minimum absolute atomic E-state index is 0.0512. The molecule has 2 aromatic rings. The number of carbonyl (C=O) groups excluding carboxylic acids is 1. The maximum Gasteiger partial charge on any atom is 0.251 e. The van der Waals surface area contributed by atoms with Crippen molar-refractivity contribution in [3.8, 4) is 11.1 Å². The van der Waals surface area contributed by atoms with Crippen LogP contribution in [0.15, 0.2) is 53.4 Å². The monoisotopic (exact) mass is 332 g/mol. The Kier molecular flexibility index (Phi) is 5.18. The second-order valence-corrected chi connectivity index (χ2v) is 7.33. The Bertz CT molecular complexity index is 814. The number of carbonyl (C=O) groups is 1. The van der Waals surface area contributed by atoms with E-state index in [4.69, 9.17) is 0 Å². The molecule has 122 valence electrons.